The molecule has 0 fully saturated rings. The molecule has 1 heterocycles. The Labute approximate surface area is 124 Å². The van der Waals surface area contributed by atoms with Crippen LogP contribution < -0.4 is 4.74 Å². The van der Waals surface area contributed by atoms with Crippen LogP contribution in [-0.2, 0) is 11.2 Å². The summed E-state index contributed by atoms with van der Waals surface area (Å²) in [6.07, 6.45) is 2.69. The largest absolute Gasteiger partial charge is 0.493 e. The third kappa shape index (κ3) is 4.34. The van der Waals surface area contributed by atoms with Crippen molar-refractivity contribution in [2.24, 2.45) is 0 Å². The van der Waals surface area contributed by atoms with Crippen molar-refractivity contribution >= 4 is 5.97 Å². The van der Waals surface area contributed by atoms with Gasteiger partial charge in [-0.3, -0.25) is 9.89 Å². The minimum Gasteiger partial charge on any atom is -0.493 e. The van der Waals surface area contributed by atoms with Gasteiger partial charge in [0.05, 0.1) is 19.2 Å². The second-order valence-electron chi connectivity index (χ2n) is 5.28. The van der Waals surface area contributed by atoms with Crippen LogP contribution in [0.5, 0.6) is 5.75 Å². The van der Waals surface area contributed by atoms with Crippen LogP contribution in [0.1, 0.15) is 43.0 Å². The zero-order chi connectivity index (χ0) is 15.2. The topological polar surface area (TPSA) is 75.2 Å². The summed E-state index contributed by atoms with van der Waals surface area (Å²) in [6.45, 7) is 4.46. The Balaban J connectivity index is 1.96. The summed E-state index contributed by atoms with van der Waals surface area (Å²) in [7, 11) is 0. The lowest BCUT2D eigenvalue weighted by atomic mass is 10.0. The molecule has 112 valence electrons. The fourth-order valence-corrected chi connectivity index (χ4v) is 2.14. The standard InChI is InChI=1S/C16H20N2O3/c1-11(2)16-13(10-17-18-16)9-12-3-5-14(6-4-12)21-8-7-15(19)20/h3-6,10-11H,7-9H2,1-2H3,(H,17,18)(H,19,20). The number of carboxylic acid groups (broad SMARTS) is 1. The Morgan fingerprint density at radius 3 is 2.67 bits per heavy atom. The molecule has 1 aromatic carbocycles. The van der Waals surface area contributed by atoms with E-state index in [0.29, 0.717) is 11.7 Å². The number of ether oxygens (including phenoxy) is 1. The second kappa shape index (κ2) is 6.92. The van der Waals surface area contributed by atoms with Crippen molar-refractivity contribution < 1.29 is 14.6 Å². The van der Waals surface area contributed by atoms with Gasteiger partial charge in [0, 0.05) is 12.1 Å². The maximum Gasteiger partial charge on any atom is 0.306 e. The van der Waals surface area contributed by atoms with Gasteiger partial charge in [0.25, 0.3) is 0 Å². The molecule has 2 rings (SSSR count). The van der Waals surface area contributed by atoms with E-state index in [1.165, 1.54) is 11.1 Å². The van der Waals surface area contributed by atoms with Gasteiger partial charge in [-0.05, 0) is 29.2 Å². The van der Waals surface area contributed by atoms with Crippen LogP contribution in [-0.4, -0.2) is 27.9 Å². The summed E-state index contributed by atoms with van der Waals surface area (Å²) in [5.41, 5.74) is 3.53. The highest BCUT2D eigenvalue weighted by Crippen LogP contribution is 2.20. The lowest BCUT2D eigenvalue weighted by molar-refractivity contribution is -0.137. The summed E-state index contributed by atoms with van der Waals surface area (Å²) in [5.74, 6) is 0.255. The number of carbonyl (C=O) groups is 1. The third-order valence-corrected chi connectivity index (χ3v) is 3.23. The number of hydrogen-bond donors (Lipinski definition) is 2. The SMILES string of the molecule is CC(C)c1[nH]ncc1Cc1ccc(OCCC(=O)O)cc1. The summed E-state index contributed by atoms with van der Waals surface area (Å²) < 4.78 is 5.37. The van der Waals surface area contributed by atoms with Crippen molar-refractivity contribution in [1.29, 1.82) is 0 Å². The normalized spacial score (nSPS) is 10.8. The van der Waals surface area contributed by atoms with E-state index in [0.717, 1.165) is 12.1 Å². The molecule has 21 heavy (non-hydrogen) atoms. The van der Waals surface area contributed by atoms with Crippen LogP contribution >= 0.6 is 0 Å². The van der Waals surface area contributed by atoms with Crippen molar-refractivity contribution in [2.45, 2.75) is 32.6 Å². The molecule has 0 radical (unpaired) electrons. The van der Waals surface area contributed by atoms with E-state index in [2.05, 4.69) is 24.0 Å². The lowest BCUT2D eigenvalue weighted by Crippen LogP contribution is -2.04. The molecule has 0 spiro atoms. The molecule has 0 unspecified atom stereocenters. The number of rotatable bonds is 7. The molecule has 0 saturated carbocycles. The first kappa shape index (κ1) is 15.1. The van der Waals surface area contributed by atoms with Gasteiger partial charge in [-0.15, -0.1) is 0 Å². The van der Waals surface area contributed by atoms with Crippen molar-refractivity contribution in [3.63, 3.8) is 0 Å². The number of aliphatic carboxylic acids is 1. The third-order valence-electron chi connectivity index (χ3n) is 3.23. The lowest BCUT2D eigenvalue weighted by Gasteiger charge is -2.08. The number of hydrogen-bond acceptors (Lipinski definition) is 3. The van der Waals surface area contributed by atoms with Crippen LogP contribution in [0.2, 0.25) is 0 Å². The summed E-state index contributed by atoms with van der Waals surface area (Å²) >= 11 is 0. The van der Waals surface area contributed by atoms with Crippen LogP contribution in [0.15, 0.2) is 30.5 Å². The molecule has 0 aliphatic carbocycles. The summed E-state index contributed by atoms with van der Waals surface area (Å²) in [5, 5.41) is 15.7. The maximum absolute atomic E-state index is 10.4. The van der Waals surface area contributed by atoms with Gasteiger partial charge in [0.2, 0.25) is 0 Å². The highest BCUT2D eigenvalue weighted by atomic mass is 16.5. The minimum atomic E-state index is -0.854. The summed E-state index contributed by atoms with van der Waals surface area (Å²) in [6, 6.07) is 7.72. The Bertz CT molecular complexity index is 588. The van der Waals surface area contributed by atoms with E-state index in [1.54, 1.807) is 0 Å². The monoisotopic (exact) mass is 288 g/mol. The Morgan fingerprint density at radius 1 is 1.33 bits per heavy atom. The van der Waals surface area contributed by atoms with Crippen molar-refractivity contribution in [2.75, 3.05) is 6.61 Å². The summed E-state index contributed by atoms with van der Waals surface area (Å²) in [4.78, 5) is 10.4. The number of benzene rings is 1. The predicted molar refractivity (Wildman–Crippen MR) is 79.7 cm³/mol. The van der Waals surface area contributed by atoms with Gasteiger partial charge in [-0.1, -0.05) is 26.0 Å². The highest BCUT2D eigenvalue weighted by Gasteiger charge is 2.09. The van der Waals surface area contributed by atoms with Gasteiger partial charge in [-0.2, -0.15) is 5.10 Å². The van der Waals surface area contributed by atoms with Crippen LogP contribution in [0, 0.1) is 0 Å². The van der Waals surface area contributed by atoms with Crippen molar-refractivity contribution in [1.82, 2.24) is 10.2 Å². The first-order chi connectivity index (χ1) is 10.1. The Kier molecular flexibility index (Phi) is 4.98. The van der Waals surface area contributed by atoms with Gasteiger partial charge in [0.15, 0.2) is 0 Å². The van der Waals surface area contributed by atoms with Gasteiger partial charge < -0.3 is 9.84 Å². The van der Waals surface area contributed by atoms with Gasteiger partial charge in [0.1, 0.15) is 5.75 Å². The molecule has 0 atom stereocenters. The van der Waals surface area contributed by atoms with E-state index in [-0.39, 0.29) is 13.0 Å². The quantitative estimate of drug-likeness (QED) is 0.821. The number of nitrogens with zero attached hydrogens (tertiary/aromatic N) is 1. The Hall–Kier alpha value is -2.30. The molecule has 5 heteroatoms. The Morgan fingerprint density at radius 2 is 2.05 bits per heavy atom. The molecule has 0 bridgehead atoms. The molecule has 2 N–H and O–H groups in total. The molecule has 1 aromatic heterocycles. The molecule has 0 saturated heterocycles. The molecule has 5 nitrogen and oxygen atoms in total. The number of carboxylic acids is 1. The van der Waals surface area contributed by atoms with Crippen LogP contribution in [0.25, 0.3) is 0 Å². The number of nitrogens with one attached hydrogen (secondary N) is 1. The van der Waals surface area contributed by atoms with Gasteiger partial charge in [-0.25, -0.2) is 0 Å². The van der Waals surface area contributed by atoms with E-state index >= 15 is 0 Å². The van der Waals surface area contributed by atoms with Crippen molar-refractivity contribution in [3.8, 4) is 5.75 Å². The van der Waals surface area contributed by atoms with Crippen molar-refractivity contribution in [3.05, 3.63) is 47.3 Å². The molecule has 2 aromatic rings. The highest BCUT2D eigenvalue weighted by molar-refractivity contribution is 5.66. The van der Waals surface area contributed by atoms with E-state index in [4.69, 9.17) is 9.84 Å². The zero-order valence-electron chi connectivity index (χ0n) is 12.3. The van der Waals surface area contributed by atoms with E-state index in [9.17, 15) is 4.79 Å². The van der Waals surface area contributed by atoms with E-state index < -0.39 is 5.97 Å². The van der Waals surface area contributed by atoms with Crippen LogP contribution in [0.4, 0.5) is 0 Å². The minimum absolute atomic E-state index is 0.00845. The second-order valence-corrected chi connectivity index (χ2v) is 5.28. The maximum atomic E-state index is 10.4. The average molecular weight is 288 g/mol. The molecule has 0 aliphatic heterocycles. The zero-order valence-corrected chi connectivity index (χ0v) is 12.3. The molecular formula is C16H20N2O3. The average Bonchev–Trinajstić information content (AvgIpc) is 2.89. The molecule has 0 amide bonds. The first-order valence-electron chi connectivity index (χ1n) is 7.02. The molecular weight excluding hydrogens is 268 g/mol. The first-order valence-corrected chi connectivity index (χ1v) is 7.02. The molecule has 0 aliphatic rings. The fraction of sp³-hybridized carbons (Fsp3) is 0.375. The van der Waals surface area contributed by atoms with Gasteiger partial charge >= 0.3 is 5.97 Å². The number of aromatic nitrogens is 2. The predicted octanol–water partition coefficient (Wildman–Crippen LogP) is 2.98. The van der Waals surface area contributed by atoms with E-state index in [1.807, 2.05) is 30.5 Å². The smallest absolute Gasteiger partial charge is 0.306 e. The fourth-order valence-electron chi connectivity index (χ4n) is 2.14. The van der Waals surface area contributed by atoms with Crippen LogP contribution in [0.3, 0.4) is 0 Å². The number of H-pyrrole nitrogens is 1. The number of aromatic amines is 1.